The highest BCUT2D eigenvalue weighted by Crippen LogP contribution is 2.18. The van der Waals surface area contributed by atoms with E-state index in [1.165, 1.54) is 12.1 Å². The molecule has 2 aromatic rings. The van der Waals surface area contributed by atoms with Gasteiger partial charge in [0.05, 0.1) is 18.6 Å². The van der Waals surface area contributed by atoms with Gasteiger partial charge in [0, 0.05) is 11.3 Å². The lowest BCUT2D eigenvalue weighted by atomic mass is 10.1. The first-order valence-electron chi connectivity index (χ1n) is 6.09. The smallest absolute Gasteiger partial charge is 0.264 e. The standard InChI is InChI=1S/C13H15FN2O3S/c1-20(17,18)19-8-2-3-12-9-13(16-15-12)10-4-6-11(14)7-5-10/h4-7,9H,2-3,8H2,1H3,(H,15,16). The van der Waals surface area contributed by atoms with Crippen LogP contribution in [0.1, 0.15) is 12.1 Å². The van der Waals surface area contributed by atoms with Crippen molar-refractivity contribution in [3.8, 4) is 11.3 Å². The molecule has 2 rings (SSSR count). The molecule has 20 heavy (non-hydrogen) atoms. The summed E-state index contributed by atoms with van der Waals surface area (Å²) in [6.07, 6.45) is 2.22. The van der Waals surface area contributed by atoms with Gasteiger partial charge < -0.3 is 0 Å². The number of nitrogens with zero attached hydrogens (tertiary/aromatic N) is 1. The number of halogens is 1. The van der Waals surface area contributed by atoms with Crippen LogP contribution >= 0.6 is 0 Å². The van der Waals surface area contributed by atoms with Crippen LogP contribution in [0.25, 0.3) is 11.3 Å². The van der Waals surface area contributed by atoms with Crippen LogP contribution in [0.5, 0.6) is 0 Å². The third-order valence-electron chi connectivity index (χ3n) is 2.66. The molecule has 108 valence electrons. The molecule has 1 heterocycles. The minimum Gasteiger partial charge on any atom is -0.282 e. The lowest BCUT2D eigenvalue weighted by Crippen LogP contribution is -2.04. The molecule has 0 spiro atoms. The maximum absolute atomic E-state index is 12.8. The van der Waals surface area contributed by atoms with E-state index in [2.05, 4.69) is 14.4 Å². The summed E-state index contributed by atoms with van der Waals surface area (Å²) >= 11 is 0. The van der Waals surface area contributed by atoms with Crippen molar-refractivity contribution < 1.29 is 17.0 Å². The quantitative estimate of drug-likeness (QED) is 0.655. The van der Waals surface area contributed by atoms with Crippen LogP contribution in [0, 0.1) is 5.82 Å². The van der Waals surface area contributed by atoms with E-state index in [1.54, 1.807) is 12.1 Å². The van der Waals surface area contributed by atoms with Crippen LogP contribution in [0.3, 0.4) is 0 Å². The minimum atomic E-state index is -3.38. The molecule has 7 heteroatoms. The zero-order valence-electron chi connectivity index (χ0n) is 11.0. The van der Waals surface area contributed by atoms with Crippen LogP contribution in [0.2, 0.25) is 0 Å². The average Bonchev–Trinajstić information content (AvgIpc) is 2.83. The highest BCUT2D eigenvalue weighted by atomic mass is 32.2. The van der Waals surface area contributed by atoms with Crippen molar-refractivity contribution in [3.63, 3.8) is 0 Å². The molecule has 0 aliphatic heterocycles. The Morgan fingerprint density at radius 3 is 2.65 bits per heavy atom. The second-order valence-electron chi connectivity index (χ2n) is 4.41. The maximum Gasteiger partial charge on any atom is 0.264 e. The van der Waals surface area contributed by atoms with Gasteiger partial charge in [-0.3, -0.25) is 9.28 Å². The molecule has 0 saturated carbocycles. The molecule has 0 radical (unpaired) electrons. The van der Waals surface area contributed by atoms with E-state index in [9.17, 15) is 12.8 Å². The molecule has 5 nitrogen and oxygen atoms in total. The van der Waals surface area contributed by atoms with Crippen LogP contribution in [-0.4, -0.2) is 31.5 Å². The fourth-order valence-corrected chi connectivity index (χ4v) is 2.15. The first kappa shape index (κ1) is 14.7. The number of hydrogen-bond acceptors (Lipinski definition) is 4. The Morgan fingerprint density at radius 1 is 1.30 bits per heavy atom. The normalized spacial score (nSPS) is 11.7. The number of H-pyrrole nitrogens is 1. The average molecular weight is 298 g/mol. The van der Waals surface area contributed by atoms with Crippen LogP contribution in [0.4, 0.5) is 4.39 Å². The second-order valence-corrected chi connectivity index (χ2v) is 6.06. The Balaban J connectivity index is 1.91. The summed E-state index contributed by atoms with van der Waals surface area (Å²) in [5.74, 6) is -0.289. The van der Waals surface area contributed by atoms with Gasteiger partial charge >= 0.3 is 0 Å². The summed E-state index contributed by atoms with van der Waals surface area (Å²) in [4.78, 5) is 0. The lowest BCUT2D eigenvalue weighted by Gasteiger charge is -1.99. The zero-order chi connectivity index (χ0) is 14.6. The molecular weight excluding hydrogens is 283 g/mol. The van der Waals surface area contributed by atoms with Gasteiger partial charge in [-0.1, -0.05) is 0 Å². The summed E-state index contributed by atoms with van der Waals surface area (Å²) in [5.41, 5.74) is 2.42. The van der Waals surface area contributed by atoms with Crippen molar-refractivity contribution in [1.82, 2.24) is 10.2 Å². The molecular formula is C13H15FN2O3S. The van der Waals surface area contributed by atoms with Gasteiger partial charge in [-0.15, -0.1) is 0 Å². The van der Waals surface area contributed by atoms with Crippen LogP contribution in [0.15, 0.2) is 30.3 Å². The number of rotatable bonds is 6. The Hall–Kier alpha value is -1.73. The van der Waals surface area contributed by atoms with Crippen LogP contribution in [-0.2, 0) is 20.7 Å². The minimum absolute atomic E-state index is 0.143. The molecule has 0 saturated heterocycles. The highest BCUT2D eigenvalue weighted by Gasteiger charge is 2.05. The molecule has 0 atom stereocenters. The molecule has 1 N–H and O–H groups in total. The van der Waals surface area contributed by atoms with Crippen molar-refractivity contribution in [2.24, 2.45) is 0 Å². The predicted molar refractivity (Wildman–Crippen MR) is 73.1 cm³/mol. The lowest BCUT2D eigenvalue weighted by molar-refractivity contribution is 0.315. The molecule has 0 bridgehead atoms. The Morgan fingerprint density at radius 2 is 2.00 bits per heavy atom. The Bertz CT molecular complexity index is 665. The number of aromatic amines is 1. The number of benzene rings is 1. The Labute approximate surface area is 116 Å². The topological polar surface area (TPSA) is 72.1 Å². The number of hydrogen-bond donors (Lipinski definition) is 1. The summed E-state index contributed by atoms with van der Waals surface area (Å²) in [6.45, 7) is 0.143. The largest absolute Gasteiger partial charge is 0.282 e. The van der Waals surface area contributed by atoms with Gasteiger partial charge in [-0.2, -0.15) is 13.5 Å². The second kappa shape index (κ2) is 6.15. The number of aromatic nitrogens is 2. The predicted octanol–water partition coefficient (Wildman–Crippen LogP) is 2.12. The first-order valence-corrected chi connectivity index (χ1v) is 7.90. The zero-order valence-corrected chi connectivity index (χ0v) is 11.8. The molecule has 0 aliphatic carbocycles. The van der Waals surface area contributed by atoms with E-state index in [-0.39, 0.29) is 12.4 Å². The fourth-order valence-electron chi connectivity index (χ4n) is 1.73. The Kier molecular flexibility index (Phi) is 4.51. The van der Waals surface area contributed by atoms with E-state index < -0.39 is 10.1 Å². The van der Waals surface area contributed by atoms with Gasteiger partial charge in [0.25, 0.3) is 10.1 Å². The third-order valence-corrected chi connectivity index (χ3v) is 3.25. The molecule has 0 fully saturated rings. The number of aryl methyl sites for hydroxylation is 1. The summed E-state index contributed by atoms with van der Waals surface area (Å²) in [5, 5.41) is 7.00. The van der Waals surface area contributed by atoms with Gasteiger partial charge in [-0.05, 0) is 43.2 Å². The molecule has 0 amide bonds. The van der Waals surface area contributed by atoms with Gasteiger partial charge in [-0.25, -0.2) is 4.39 Å². The SMILES string of the molecule is CS(=O)(=O)OCCCc1cc(-c2ccc(F)cc2)n[nH]1. The van der Waals surface area contributed by atoms with E-state index >= 15 is 0 Å². The van der Waals surface area contributed by atoms with Crippen molar-refractivity contribution in [1.29, 1.82) is 0 Å². The number of nitrogens with one attached hydrogen (secondary N) is 1. The van der Waals surface area contributed by atoms with Crippen molar-refractivity contribution >= 4 is 10.1 Å². The summed E-state index contributed by atoms with van der Waals surface area (Å²) in [7, 11) is -3.38. The van der Waals surface area contributed by atoms with E-state index in [4.69, 9.17) is 0 Å². The fraction of sp³-hybridized carbons (Fsp3) is 0.308. The highest BCUT2D eigenvalue weighted by molar-refractivity contribution is 7.85. The van der Waals surface area contributed by atoms with E-state index in [1.807, 2.05) is 6.07 Å². The van der Waals surface area contributed by atoms with Crippen molar-refractivity contribution in [2.45, 2.75) is 12.8 Å². The monoisotopic (exact) mass is 298 g/mol. The van der Waals surface area contributed by atoms with Crippen LogP contribution < -0.4 is 0 Å². The molecule has 1 aromatic carbocycles. The molecule has 0 aliphatic rings. The summed E-state index contributed by atoms with van der Waals surface area (Å²) < 4.78 is 39.0. The van der Waals surface area contributed by atoms with E-state index in [0.717, 1.165) is 23.2 Å². The van der Waals surface area contributed by atoms with Crippen molar-refractivity contribution in [2.75, 3.05) is 12.9 Å². The van der Waals surface area contributed by atoms with Crippen molar-refractivity contribution in [3.05, 3.63) is 41.8 Å². The molecule has 0 unspecified atom stereocenters. The van der Waals surface area contributed by atoms with Gasteiger partial charge in [0.1, 0.15) is 5.82 Å². The van der Waals surface area contributed by atoms with Gasteiger partial charge in [0.15, 0.2) is 0 Å². The third kappa shape index (κ3) is 4.43. The first-order chi connectivity index (χ1) is 9.44. The van der Waals surface area contributed by atoms with E-state index in [0.29, 0.717) is 12.8 Å². The molecule has 1 aromatic heterocycles. The van der Waals surface area contributed by atoms with Gasteiger partial charge in [0.2, 0.25) is 0 Å². The maximum atomic E-state index is 12.8. The summed E-state index contributed by atoms with van der Waals surface area (Å²) in [6, 6.07) is 7.92.